The van der Waals surface area contributed by atoms with E-state index >= 15 is 0 Å². The van der Waals surface area contributed by atoms with Crippen molar-refractivity contribution in [1.29, 1.82) is 0 Å². The lowest BCUT2D eigenvalue weighted by molar-refractivity contribution is -0.132. The summed E-state index contributed by atoms with van der Waals surface area (Å²) in [5.41, 5.74) is 5.66. The molecule has 1 aromatic heterocycles. The number of amides is 1. The fourth-order valence-corrected chi connectivity index (χ4v) is 3.64. The van der Waals surface area contributed by atoms with Crippen LogP contribution in [0.4, 0.5) is 0 Å². The van der Waals surface area contributed by atoms with Gasteiger partial charge in [-0.05, 0) is 51.3 Å². The number of hydrogen-bond donors (Lipinski definition) is 1. The van der Waals surface area contributed by atoms with Gasteiger partial charge in [-0.1, -0.05) is 19.8 Å². The van der Waals surface area contributed by atoms with Crippen LogP contribution in [0.15, 0.2) is 12.1 Å². The van der Waals surface area contributed by atoms with Crippen LogP contribution in [0.5, 0.6) is 0 Å². The van der Waals surface area contributed by atoms with Crippen molar-refractivity contribution < 1.29 is 4.79 Å². The molecular weight excluding hydrogens is 280 g/mol. The van der Waals surface area contributed by atoms with E-state index in [0.29, 0.717) is 12.3 Å². The van der Waals surface area contributed by atoms with Crippen LogP contribution < -0.4 is 5.73 Å². The minimum atomic E-state index is 0.162. The van der Waals surface area contributed by atoms with Crippen LogP contribution in [0.3, 0.4) is 0 Å². The van der Waals surface area contributed by atoms with Gasteiger partial charge in [-0.25, -0.2) is 0 Å². The van der Waals surface area contributed by atoms with Gasteiger partial charge < -0.3 is 10.6 Å². The molecule has 0 saturated carbocycles. The van der Waals surface area contributed by atoms with E-state index in [1.165, 1.54) is 22.6 Å². The topological polar surface area (TPSA) is 46.3 Å². The Morgan fingerprint density at radius 2 is 2.05 bits per heavy atom. The van der Waals surface area contributed by atoms with Crippen LogP contribution in [0.25, 0.3) is 0 Å². The molecule has 0 saturated heterocycles. The second-order valence-corrected chi connectivity index (χ2v) is 7.22. The molecule has 0 radical (unpaired) electrons. The first kappa shape index (κ1) is 18.2. The second kappa shape index (κ2) is 9.21. The van der Waals surface area contributed by atoms with Crippen LogP contribution in [0.1, 0.15) is 61.7 Å². The highest BCUT2D eigenvalue weighted by Crippen LogP contribution is 2.27. The Hall–Kier alpha value is -0.870. The molecule has 0 aliphatic carbocycles. The molecule has 0 aromatic carbocycles. The predicted octanol–water partition coefficient (Wildman–Crippen LogP) is 4.12. The van der Waals surface area contributed by atoms with Crippen molar-refractivity contribution in [3.05, 3.63) is 21.9 Å². The summed E-state index contributed by atoms with van der Waals surface area (Å²) in [4.78, 5) is 16.8. The third kappa shape index (κ3) is 5.79. The highest BCUT2D eigenvalue weighted by Gasteiger charge is 2.19. The summed E-state index contributed by atoms with van der Waals surface area (Å²) < 4.78 is 0. The fourth-order valence-electron chi connectivity index (χ4n) is 2.67. The number of nitrogens with two attached hydrogens (primary N) is 1. The molecule has 0 fully saturated rings. The van der Waals surface area contributed by atoms with Gasteiger partial charge in [0.25, 0.3) is 0 Å². The molecule has 21 heavy (non-hydrogen) atoms. The van der Waals surface area contributed by atoms with E-state index in [2.05, 4.69) is 32.9 Å². The SMILES string of the molecule is CCCC(CCN)CCC(=O)N(C)C(C)c1ccc(C)s1. The molecule has 0 bridgehead atoms. The van der Waals surface area contributed by atoms with E-state index in [-0.39, 0.29) is 11.9 Å². The lowest BCUT2D eigenvalue weighted by Gasteiger charge is -2.25. The number of carbonyl (C=O) groups is 1. The Bertz CT molecular complexity index is 424. The minimum absolute atomic E-state index is 0.162. The molecule has 1 rings (SSSR count). The first-order valence-electron chi connectivity index (χ1n) is 8.01. The van der Waals surface area contributed by atoms with Crippen LogP contribution in [0.2, 0.25) is 0 Å². The molecule has 2 N–H and O–H groups in total. The van der Waals surface area contributed by atoms with E-state index in [1.807, 2.05) is 11.9 Å². The summed E-state index contributed by atoms with van der Waals surface area (Å²) >= 11 is 1.77. The molecule has 2 atom stereocenters. The van der Waals surface area contributed by atoms with Crippen molar-refractivity contribution in [3.8, 4) is 0 Å². The van der Waals surface area contributed by atoms with E-state index < -0.39 is 0 Å². The molecule has 3 nitrogen and oxygen atoms in total. The van der Waals surface area contributed by atoms with Crippen molar-refractivity contribution >= 4 is 17.2 Å². The zero-order valence-corrected chi connectivity index (χ0v) is 14.7. The Morgan fingerprint density at radius 1 is 1.33 bits per heavy atom. The summed E-state index contributed by atoms with van der Waals surface area (Å²) in [6.07, 6.45) is 4.97. The van der Waals surface area contributed by atoms with Gasteiger partial charge in [0.2, 0.25) is 5.91 Å². The van der Waals surface area contributed by atoms with E-state index in [0.717, 1.165) is 19.4 Å². The monoisotopic (exact) mass is 310 g/mol. The molecule has 1 amide bonds. The van der Waals surface area contributed by atoms with Gasteiger partial charge >= 0.3 is 0 Å². The maximum Gasteiger partial charge on any atom is 0.222 e. The molecule has 120 valence electrons. The Balaban J connectivity index is 2.49. The number of nitrogens with zero attached hydrogens (tertiary/aromatic N) is 1. The van der Waals surface area contributed by atoms with Crippen LogP contribution in [-0.4, -0.2) is 24.4 Å². The quantitative estimate of drug-likeness (QED) is 0.745. The van der Waals surface area contributed by atoms with Gasteiger partial charge in [-0.3, -0.25) is 4.79 Å². The van der Waals surface area contributed by atoms with Crippen LogP contribution >= 0.6 is 11.3 Å². The largest absolute Gasteiger partial charge is 0.338 e. The Labute approximate surface area is 133 Å². The van der Waals surface area contributed by atoms with Gasteiger partial charge in [-0.2, -0.15) is 0 Å². The highest BCUT2D eigenvalue weighted by molar-refractivity contribution is 7.12. The third-order valence-corrected chi connectivity index (χ3v) is 5.36. The maximum absolute atomic E-state index is 12.4. The van der Waals surface area contributed by atoms with Crippen molar-refractivity contribution in [3.63, 3.8) is 0 Å². The first-order chi connectivity index (χ1) is 9.99. The molecule has 2 unspecified atom stereocenters. The number of thiophene rings is 1. The zero-order valence-electron chi connectivity index (χ0n) is 13.9. The second-order valence-electron chi connectivity index (χ2n) is 5.90. The zero-order chi connectivity index (χ0) is 15.8. The number of hydrogen-bond acceptors (Lipinski definition) is 3. The normalized spacial score (nSPS) is 14.0. The molecular formula is C17H30N2OS. The molecule has 0 spiro atoms. The number of aryl methyl sites for hydroxylation is 1. The number of carbonyl (C=O) groups excluding carboxylic acids is 1. The van der Waals surface area contributed by atoms with Gasteiger partial charge in [-0.15, -0.1) is 11.3 Å². The summed E-state index contributed by atoms with van der Waals surface area (Å²) in [6, 6.07) is 4.41. The Kier molecular flexibility index (Phi) is 7.97. The minimum Gasteiger partial charge on any atom is -0.338 e. The summed E-state index contributed by atoms with van der Waals surface area (Å²) in [6.45, 7) is 7.12. The fraction of sp³-hybridized carbons (Fsp3) is 0.706. The first-order valence-corrected chi connectivity index (χ1v) is 8.83. The van der Waals surface area contributed by atoms with Crippen LogP contribution in [0, 0.1) is 12.8 Å². The average Bonchev–Trinajstić information content (AvgIpc) is 2.90. The van der Waals surface area contributed by atoms with Crippen LogP contribution in [-0.2, 0) is 4.79 Å². The maximum atomic E-state index is 12.4. The van der Waals surface area contributed by atoms with E-state index in [4.69, 9.17) is 5.73 Å². The molecule has 0 aliphatic heterocycles. The number of rotatable bonds is 9. The lowest BCUT2D eigenvalue weighted by Crippen LogP contribution is -2.29. The smallest absolute Gasteiger partial charge is 0.222 e. The van der Waals surface area contributed by atoms with Crippen molar-refractivity contribution in [2.24, 2.45) is 11.7 Å². The van der Waals surface area contributed by atoms with Gasteiger partial charge in [0.1, 0.15) is 0 Å². The van der Waals surface area contributed by atoms with Crippen molar-refractivity contribution in [1.82, 2.24) is 4.90 Å². The predicted molar refractivity (Wildman–Crippen MR) is 91.5 cm³/mol. The standard InChI is InChI=1S/C17H30N2OS/c1-5-6-15(11-12-18)8-10-17(20)19(4)14(3)16-9-7-13(2)21-16/h7,9,14-15H,5-6,8,10-12,18H2,1-4H3. The van der Waals surface area contributed by atoms with Gasteiger partial charge in [0, 0.05) is 23.2 Å². The van der Waals surface area contributed by atoms with Crippen molar-refractivity contribution in [2.75, 3.05) is 13.6 Å². The average molecular weight is 311 g/mol. The molecule has 0 aliphatic rings. The van der Waals surface area contributed by atoms with E-state index in [1.54, 1.807) is 11.3 Å². The summed E-state index contributed by atoms with van der Waals surface area (Å²) in [5.74, 6) is 0.836. The lowest BCUT2D eigenvalue weighted by atomic mass is 9.94. The highest BCUT2D eigenvalue weighted by atomic mass is 32.1. The van der Waals surface area contributed by atoms with Crippen molar-refractivity contribution in [2.45, 2.75) is 58.9 Å². The molecule has 4 heteroatoms. The van der Waals surface area contributed by atoms with Gasteiger partial charge in [0.15, 0.2) is 0 Å². The third-order valence-electron chi connectivity index (χ3n) is 4.19. The van der Waals surface area contributed by atoms with Gasteiger partial charge in [0.05, 0.1) is 6.04 Å². The summed E-state index contributed by atoms with van der Waals surface area (Å²) in [5, 5.41) is 0. The molecule has 1 heterocycles. The van der Waals surface area contributed by atoms with E-state index in [9.17, 15) is 4.79 Å². The molecule has 1 aromatic rings. The Morgan fingerprint density at radius 3 is 2.57 bits per heavy atom. The summed E-state index contributed by atoms with van der Waals surface area (Å²) in [7, 11) is 1.92.